The van der Waals surface area contributed by atoms with Crippen LogP contribution in [0.25, 0.3) is 0 Å². The molecule has 236 valence electrons. The van der Waals surface area contributed by atoms with Crippen LogP contribution in [0.2, 0.25) is 0 Å². The van der Waals surface area contributed by atoms with Crippen LogP contribution < -0.4 is 15.5 Å². The molecule has 2 aliphatic heterocycles. The number of nitrogens with zero attached hydrogens (tertiary/aromatic N) is 3. The van der Waals surface area contributed by atoms with Gasteiger partial charge in [-0.15, -0.1) is 0 Å². The fourth-order valence-electron chi connectivity index (χ4n) is 4.67. The minimum Gasteiger partial charge on any atom is -0.457 e. The van der Waals surface area contributed by atoms with E-state index in [0.29, 0.717) is 11.8 Å². The van der Waals surface area contributed by atoms with E-state index in [1.165, 1.54) is 15.7 Å². The average molecular weight is 629 g/mol. The molecule has 0 aliphatic carbocycles. The zero-order valence-corrected chi connectivity index (χ0v) is 23.7. The molecule has 1 fully saturated rings. The van der Waals surface area contributed by atoms with Gasteiger partial charge in [-0.3, -0.25) is 19.4 Å². The number of aromatic nitrogens is 2. The highest BCUT2D eigenvalue weighted by molar-refractivity contribution is 5.99. The number of rotatable bonds is 10. The van der Waals surface area contributed by atoms with Crippen molar-refractivity contribution in [1.82, 2.24) is 19.8 Å². The van der Waals surface area contributed by atoms with Gasteiger partial charge in [0.05, 0.1) is 24.9 Å². The molecule has 4 heterocycles. The zero-order chi connectivity index (χ0) is 32.1. The summed E-state index contributed by atoms with van der Waals surface area (Å²) in [5.41, 5.74) is -1.27. The molecule has 0 saturated carbocycles. The summed E-state index contributed by atoms with van der Waals surface area (Å²) in [6, 6.07) is 7.51. The van der Waals surface area contributed by atoms with Crippen LogP contribution >= 0.6 is 0 Å². The van der Waals surface area contributed by atoms with E-state index in [2.05, 4.69) is 15.0 Å². The number of nitrogens with one attached hydrogen (secondary N) is 1. The van der Waals surface area contributed by atoms with Crippen molar-refractivity contribution in [1.29, 1.82) is 0 Å². The molecule has 14 nitrogen and oxygen atoms in total. The maximum absolute atomic E-state index is 14.1. The lowest BCUT2D eigenvalue weighted by Crippen LogP contribution is -2.49. The molecule has 2 aromatic heterocycles. The van der Waals surface area contributed by atoms with Gasteiger partial charge in [0.15, 0.2) is 18.5 Å². The van der Waals surface area contributed by atoms with Crippen LogP contribution in [-0.4, -0.2) is 70.7 Å². The Labute approximate surface area is 253 Å². The van der Waals surface area contributed by atoms with E-state index in [1.807, 2.05) is 0 Å². The highest BCUT2D eigenvalue weighted by Gasteiger charge is 2.43. The number of fused-ring (bicyclic) bond motifs is 2. The van der Waals surface area contributed by atoms with Crippen molar-refractivity contribution in [3.63, 3.8) is 0 Å². The van der Waals surface area contributed by atoms with Crippen molar-refractivity contribution in [3.05, 3.63) is 93.2 Å². The van der Waals surface area contributed by atoms with Gasteiger partial charge >= 0.3 is 12.1 Å². The third-order valence-corrected chi connectivity index (χ3v) is 6.84. The number of hydrogen-bond donors (Lipinski definition) is 1. The molecule has 2 unspecified atom stereocenters. The molecule has 2 atom stereocenters. The summed E-state index contributed by atoms with van der Waals surface area (Å²) >= 11 is 0. The lowest BCUT2D eigenvalue weighted by atomic mass is 10.1. The van der Waals surface area contributed by atoms with Gasteiger partial charge in [-0.1, -0.05) is 12.1 Å². The maximum Gasteiger partial charge on any atom is 0.511 e. The smallest absolute Gasteiger partial charge is 0.457 e. The molecule has 16 heteroatoms. The van der Waals surface area contributed by atoms with E-state index in [1.54, 1.807) is 25.1 Å². The Balaban J connectivity index is 1.27. The molecule has 1 N–H and O–H groups in total. The third kappa shape index (κ3) is 7.06. The van der Waals surface area contributed by atoms with Crippen LogP contribution in [0.1, 0.15) is 39.0 Å². The summed E-state index contributed by atoms with van der Waals surface area (Å²) in [5.74, 6) is -4.74. The molecule has 0 spiro atoms. The molecular formula is C29H26F2N4O10. The summed E-state index contributed by atoms with van der Waals surface area (Å²) in [6.07, 6.45) is 0.640. The van der Waals surface area contributed by atoms with Crippen LogP contribution in [0.4, 0.5) is 13.6 Å². The number of amides is 2. The van der Waals surface area contributed by atoms with Crippen molar-refractivity contribution >= 4 is 23.9 Å². The number of hydrogen-bond acceptors (Lipinski definition) is 11. The molecule has 0 radical (unpaired) electrons. The van der Waals surface area contributed by atoms with Crippen molar-refractivity contribution in [2.45, 2.75) is 38.9 Å². The quantitative estimate of drug-likeness (QED) is 0.258. The van der Waals surface area contributed by atoms with E-state index >= 15 is 0 Å². The van der Waals surface area contributed by atoms with Crippen molar-refractivity contribution in [2.75, 3.05) is 20.0 Å². The monoisotopic (exact) mass is 628 g/mol. The molecule has 45 heavy (non-hydrogen) atoms. The van der Waals surface area contributed by atoms with Crippen molar-refractivity contribution < 1.29 is 51.6 Å². The number of esters is 1. The van der Waals surface area contributed by atoms with Gasteiger partial charge in [-0.25, -0.2) is 18.4 Å². The normalized spacial score (nSPS) is 16.8. The predicted octanol–water partition coefficient (Wildman–Crippen LogP) is 1.88. The van der Waals surface area contributed by atoms with Gasteiger partial charge < -0.3 is 38.5 Å². The first kappa shape index (κ1) is 31.1. The number of carbonyl (C=O) groups excluding carboxylic acids is 4. The number of halogens is 2. The van der Waals surface area contributed by atoms with Crippen molar-refractivity contribution in [3.8, 4) is 5.75 Å². The molecule has 1 saturated heterocycles. The van der Waals surface area contributed by atoms with Crippen LogP contribution in [-0.2, 0) is 43.4 Å². The van der Waals surface area contributed by atoms with E-state index in [0.717, 1.165) is 18.3 Å². The number of benzene rings is 1. The fraction of sp³-hybridized carbons (Fsp3) is 0.310. The Morgan fingerprint density at radius 3 is 2.69 bits per heavy atom. The Kier molecular flexibility index (Phi) is 9.32. The Hall–Kier alpha value is -5.38. The molecule has 3 aromatic rings. The first-order chi connectivity index (χ1) is 21.6. The summed E-state index contributed by atoms with van der Waals surface area (Å²) in [7, 11) is 0. The highest BCUT2D eigenvalue weighted by Crippen LogP contribution is 2.30. The Bertz CT molecular complexity index is 1680. The molecule has 2 amide bonds. The summed E-state index contributed by atoms with van der Waals surface area (Å²) in [4.78, 5) is 69.2. The van der Waals surface area contributed by atoms with Crippen LogP contribution in [0.15, 0.2) is 53.6 Å². The van der Waals surface area contributed by atoms with Gasteiger partial charge in [-0.2, -0.15) is 0 Å². The third-order valence-electron chi connectivity index (χ3n) is 6.84. The SMILES string of the molecule is CC1COC2Cn3cc(C(=O)NCc4ccc(F)cc4F)c(=O)c(OCOC(=O)OCC(=O)OCc4ccccn4)c3C(=O)N12. The second-order valence-electron chi connectivity index (χ2n) is 9.90. The standard InChI is InChI=1S/C29H26F2N4O10/c1-16-12-41-22-11-34-10-20(27(38)33-9-17-5-6-18(30)8-21(17)31)25(37)26(24(34)28(39)35(16)22)44-15-45-29(40)43-14-23(36)42-13-19-4-2-3-7-32-19/h2-8,10,16,22H,9,11-15H2,1H3,(H,33,38). The average Bonchev–Trinajstić information content (AvgIpc) is 3.40. The number of pyridine rings is 2. The van der Waals surface area contributed by atoms with E-state index in [4.69, 9.17) is 18.9 Å². The minimum atomic E-state index is -1.35. The van der Waals surface area contributed by atoms with E-state index < -0.39 is 71.9 Å². The van der Waals surface area contributed by atoms with Crippen LogP contribution in [0.3, 0.4) is 0 Å². The summed E-state index contributed by atoms with van der Waals surface area (Å²) in [6.45, 7) is -0.214. The van der Waals surface area contributed by atoms with Crippen LogP contribution in [0, 0.1) is 11.6 Å². The van der Waals surface area contributed by atoms with Gasteiger partial charge in [0.2, 0.25) is 18.0 Å². The van der Waals surface area contributed by atoms with Crippen molar-refractivity contribution in [2.24, 2.45) is 0 Å². The molecule has 0 bridgehead atoms. The fourth-order valence-corrected chi connectivity index (χ4v) is 4.67. The first-order valence-electron chi connectivity index (χ1n) is 13.5. The van der Waals surface area contributed by atoms with Crippen LogP contribution in [0.5, 0.6) is 5.75 Å². The number of ether oxygens (including phenoxy) is 5. The minimum absolute atomic E-state index is 0.0361. The van der Waals surface area contributed by atoms with Gasteiger partial charge in [-0.05, 0) is 25.1 Å². The highest BCUT2D eigenvalue weighted by atomic mass is 19.1. The molecule has 5 rings (SSSR count). The predicted molar refractivity (Wildman–Crippen MR) is 146 cm³/mol. The molecular weight excluding hydrogens is 602 g/mol. The second kappa shape index (κ2) is 13.5. The lowest BCUT2D eigenvalue weighted by molar-refractivity contribution is -0.149. The zero-order valence-electron chi connectivity index (χ0n) is 23.7. The topological polar surface area (TPSA) is 165 Å². The van der Waals surface area contributed by atoms with Gasteiger partial charge in [0.1, 0.15) is 23.8 Å². The Morgan fingerprint density at radius 2 is 1.93 bits per heavy atom. The second-order valence-corrected chi connectivity index (χ2v) is 9.90. The lowest BCUT2D eigenvalue weighted by Gasteiger charge is -2.34. The number of carbonyl (C=O) groups is 4. The molecule has 1 aromatic carbocycles. The van der Waals surface area contributed by atoms with E-state index in [9.17, 15) is 32.8 Å². The van der Waals surface area contributed by atoms with Gasteiger partial charge in [0, 0.05) is 30.6 Å². The molecule has 2 aliphatic rings. The summed E-state index contributed by atoms with van der Waals surface area (Å²) in [5, 5.41) is 2.39. The van der Waals surface area contributed by atoms with Gasteiger partial charge in [0.25, 0.3) is 11.8 Å². The first-order valence-corrected chi connectivity index (χ1v) is 13.5. The summed E-state index contributed by atoms with van der Waals surface area (Å²) < 4.78 is 54.1. The van der Waals surface area contributed by atoms with E-state index in [-0.39, 0.29) is 43.6 Å². The Morgan fingerprint density at radius 1 is 1.11 bits per heavy atom. The largest absolute Gasteiger partial charge is 0.511 e. The maximum atomic E-state index is 14.1.